The van der Waals surface area contributed by atoms with E-state index in [1.807, 2.05) is 19.1 Å². The zero-order chi connectivity index (χ0) is 16.3. The summed E-state index contributed by atoms with van der Waals surface area (Å²) < 4.78 is 10.5. The molecule has 2 rings (SSSR count). The maximum absolute atomic E-state index is 12.3. The third-order valence-corrected chi connectivity index (χ3v) is 3.32. The van der Waals surface area contributed by atoms with Gasteiger partial charge < -0.3 is 19.6 Å². The van der Waals surface area contributed by atoms with E-state index >= 15 is 0 Å². The second-order valence-electron chi connectivity index (χ2n) is 5.67. The van der Waals surface area contributed by atoms with Gasteiger partial charge in [-0.3, -0.25) is 9.59 Å². The molecule has 0 saturated carbocycles. The van der Waals surface area contributed by atoms with E-state index in [9.17, 15) is 9.59 Å². The molecule has 0 aliphatic heterocycles. The second-order valence-corrected chi connectivity index (χ2v) is 5.67. The molecule has 1 amide bonds. The van der Waals surface area contributed by atoms with Crippen molar-refractivity contribution in [3.63, 3.8) is 0 Å². The van der Waals surface area contributed by atoms with E-state index in [-0.39, 0.29) is 18.8 Å². The fourth-order valence-electron chi connectivity index (χ4n) is 2.39. The second kappa shape index (κ2) is 6.19. The summed E-state index contributed by atoms with van der Waals surface area (Å²) in [6, 6.07) is 7.26. The molecule has 0 bridgehead atoms. The first-order chi connectivity index (χ1) is 10.3. The van der Waals surface area contributed by atoms with Crippen LogP contribution in [0.3, 0.4) is 0 Å². The lowest BCUT2D eigenvalue weighted by Gasteiger charge is -2.27. The number of furan rings is 1. The number of nitrogens with one attached hydrogen (secondary N) is 1. The molecule has 6 heteroatoms. The van der Waals surface area contributed by atoms with E-state index < -0.39 is 17.4 Å². The Labute approximate surface area is 128 Å². The van der Waals surface area contributed by atoms with Crippen LogP contribution in [0.25, 0.3) is 11.0 Å². The fourth-order valence-corrected chi connectivity index (χ4v) is 2.39. The van der Waals surface area contributed by atoms with E-state index in [1.165, 1.54) is 7.11 Å². The molecular formula is C16H19NO5. The highest BCUT2D eigenvalue weighted by atomic mass is 16.5. The predicted molar refractivity (Wildman–Crippen MR) is 81.0 cm³/mol. The highest BCUT2D eigenvalue weighted by Gasteiger charge is 2.31. The fraction of sp³-hybridized carbons (Fsp3) is 0.375. The number of ether oxygens (including phenoxy) is 1. The van der Waals surface area contributed by atoms with Crippen LogP contribution in [0.2, 0.25) is 0 Å². The lowest BCUT2D eigenvalue weighted by Crippen LogP contribution is -2.50. The van der Waals surface area contributed by atoms with E-state index in [2.05, 4.69) is 5.32 Å². The molecule has 1 heterocycles. The normalized spacial score (nSPS) is 13.8. The summed E-state index contributed by atoms with van der Waals surface area (Å²) in [4.78, 5) is 23.3. The minimum atomic E-state index is -1.01. The number of hydrogen-bond donors (Lipinski definition) is 2. The van der Waals surface area contributed by atoms with Gasteiger partial charge in [0.05, 0.1) is 18.6 Å². The van der Waals surface area contributed by atoms with Crippen LogP contribution < -0.4 is 5.32 Å². The molecule has 0 radical (unpaired) electrons. The molecule has 118 valence electrons. The molecule has 6 nitrogen and oxygen atoms in total. The van der Waals surface area contributed by atoms with Gasteiger partial charge >= 0.3 is 5.97 Å². The van der Waals surface area contributed by atoms with Crippen molar-refractivity contribution >= 4 is 22.8 Å². The molecule has 2 N–H and O–H groups in total. The van der Waals surface area contributed by atoms with Gasteiger partial charge in [-0.1, -0.05) is 11.6 Å². The summed E-state index contributed by atoms with van der Waals surface area (Å²) >= 11 is 0. The largest absolute Gasteiger partial charge is 0.481 e. The predicted octanol–water partition coefficient (Wildman–Crippen LogP) is 2.35. The first-order valence-corrected chi connectivity index (χ1v) is 6.86. The highest BCUT2D eigenvalue weighted by Crippen LogP contribution is 2.21. The van der Waals surface area contributed by atoms with Gasteiger partial charge in [0, 0.05) is 12.5 Å². The van der Waals surface area contributed by atoms with Gasteiger partial charge in [-0.15, -0.1) is 0 Å². The van der Waals surface area contributed by atoms with Gasteiger partial charge in [-0.2, -0.15) is 0 Å². The van der Waals surface area contributed by atoms with Crippen LogP contribution in [0.4, 0.5) is 0 Å². The van der Waals surface area contributed by atoms with Gasteiger partial charge in [0.15, 0.2) is 5.76 Å². The van der Waals surface area contributed by atoms with Crippen LogP contribution in [0, 0.1) is 6.92 Å². The van der Waals surface area contributed by atoms with Crippen molar-refractivity contribution in [2.45, 2.75) is 25.8 Å². The summed E-state index contributed by atoms with van der Waals surface area (Å²) in [5.74, 6) is -1.33. The number of hydrogen-bond acceptors (Lipinski definition) is 4. The average Bonchev–Trinajstić information content (AvgIpc) is 2.80. The smallest absolute Gasteiger partial charge is 0.305 e. The molecule has 0 aliphatic rings. The van der Waals surface area contributed by atoms with Gasteiger partial charge in [0.2, 0.25) is 0 Å². The van der Waals surface area contributed by atoms with E-state index in [0.717, 1.165) is 10.9 Å². The van der Waals surface area contributed by atoms with Crippen molar-refractivity contribution in [3.05, 3.63) is 35.6 Å². The average molecular weight is 305 g/mol. The summed E-state index contributed by atoms with van der Waals surface area (Å²) in [6.45, 7) is 3.66. The molecule has 22 heavy (non-hydrogen) atoms. The number of benzene rings is 1. The number of carbonyl (C=O) groups excluding carboxylic acids is 1. The number of carboxylic acids is 1. The number of aliphatic carboxylic acids is 1. The van der Waals surface area contributed by atoms with Crippen molar-refractivity contribution in [1.29, 1.82) is 0 Å². The number of fused-ring (bicyclic) bond motifs is 1. The number of amides is 1. The molecule has 1 unspecified atom stereocenters. The summed E-state index contributed by atoms with van der Waals surface area (Å²) in [5.41, 5.74) is 0.671. The number of carboxylic acid groups (broad SMARTS) is 1. The highest BCUT2D eigenvalue weighted by molar-refractivity contribution is 5.96. The minimum absolute atomic E-state index is 0.0877. The van der Waals surface area contributed by atoms with Gasteiger partial charge in [0.1, 0.15) is 5.58 Å². The standard InChI is InChI=1S/C16H19NO5/c1-10-4-5-12-11(6-10)7-13(22-12)15(20)17-16(2,9-21-3)8-14(18)19/h4-7H,8-9H2,1-3H3,(H,17,20)(H,18,19). The Bertz CT molecular complexity index is 706. The Morgan fingerprint density at radius 3 is 2.73 bits per heavy atom. The number of rotatable bonds is 6. The van der Waals surface area contributed by atoms with Crippen LogP contribution in [0.1, 0.15) is 29.5 Å². The third-order valence-electron chi connectivity index (χ3n) is 3.32. The molecule has 1 atom stereocenters. The van der Waals surface area contributed by atoms with Crippen molar-refractivity contribution in [2.24, 2.45) is 0 Å². The van der Waals surface area contributed by atoms with Gasteiger partial charge in [-0.25, -0.2) is 0 Å². The number of methoxy groups -OCH3 is 1. The molecule has 0 spiro atoms. The third kappa shape index (κ3) is 3.65. The van der Waals surface area contributed by atoms with E-state index in [1.54, 1.807) is 19.1 Å². The summed E-state index contributed by atoms with van der Waals surface area (Å²) in [5, 5.41) is 12.5. The topological polar surface area (TPSA) is 88.8 Å². The molecule has 1 aromatic heterocycles. The van der Waals surface area contributed by atoms with Crippen molar-refractivity contribution in [2.75, 3.05) is 13.7 Å². The van der Waals surface area contributed by atoms with Crippen molar-refractivity contribution in [1.82, 2.24) is 5.32 Å². The van der Waals surface area contributed by atoms with E-state index in [4.69, 9.17) is 14.3 Å². The molecule has 2 aromatic rings. The maximum atomic E-state index is 12.3. The number of aryl methyl sites for hydroxylation is 1. The van der Waals surface area contributed by atoms with Crippen LogP contribution in [0.5, 0.6) is 0 Å². The maximum Gasteiger partial charge on any atom is 0.305 e. The van der Waals surface area contributed by atoms with E-state index in [0.29, 0.717) is 5.58 Å². The quantitative estimate of drug-likeness (QED) is 0.855. The summed E-state index contributed by atoms with van der Waals surface area (Å²) in [6.07, 6.45) is -0.244. The van der Waals surface area contributed by atoms with Crippen LogP contribution >= 0.6 is 0 Å². The first kappa shape index (κ1) is 16.0. The molecule has 0 aliphatic carbocycles. The monoisotopic (exact) mass is 305 g/mol. The zero-order valence-corrected chi connectivity index (χ0v) is 12.8. The first-order valence-electron chi connectivity index (χ1n) is 6.86. The Hall–Kier alpha value is -2.34. The van der Waals surface area contributed by atoms with Crippen molar-refractivity contribution in [3.8, 4) is 0 Å². The SMILES string of the molecule is COCC(C)(CC(=O)O)NC(=O)c1cc2cc(C)ccc2o1. The lowest BCUT2D eigenvalue weighted by atomic mass is 9.99. The van der Waals surface area contributed by atoms with Crippen LogP contribution in [-0.2, 0) is 9.53 Å². The Morgan fingerprint density at radius 2 is 2.09 bits per heavy atom. The van der Waals surface area contributed by atoms with Gasteiger partial charge in [-0.05, 0) is 32.0 Å². The Kier molecular flexibility index (Phi) is 4.51. The molecule has 0 saturated heterocycles. The molecule has 0 fully saturated rings. The van der Waals surface area contributed by atoms with Crippen LogP contribution in [-0.4, -0.2) is 36.2 Å². The minimum Gasteiger partial charge on any atom is -0.481 e. The summed E-state index contributed by atoms with van der Waals surface area (Å²) in [7, 11) is 1.45. The van der Waals surface area contributed by atoms with Crippen LogP contribution in [0.15, 0.2) is 28.7 Å². The Morgan fingerprint density at radius 1 is 1.36 bits per heavy atom. The Balaban J connectivity index is 2.22. The van der Waals surface area contributed by atoms with Gasteiger partial charge in [0.25, 0.3) is 5.91 Å². The zero-order valence-electron chi connectivity index (χ0n) is 12.8. The molecular weight excluding hydrogens is 286 g/mol. The van der Waals surface area contributed by atoms with Crippen molar-refractivity contribution < 1.29 is 23.8 Å². The molecule has 1 aromatic carbocycles. The number of carbonyl (C=O) groups is 2. The lowest BCUT2D eigenvalue weighted by molar-refractivity contribution is -0.139.